The van der Waals surface area contributed by atoms with Crippen molar-refractivity contribution in [3.05, 3.63) is 65.7 Å². The van der Waals surface area contributed by atoms with Gasteiger partial charge < -0.3 is 4.74 Å². The van der Waals surface area contributed by atoms with Crippen molar-refractivity contribution in [3.8, 4) is 5.75 Å². The minimum absolute atomic E-state index is 0.210. The first-order valence-electron chi connectivity index (χ1n) is 8.63. The minimum atomic E-state index is 0.210. The van der Waals surface area contributed by atoms with Crippen LogP contribution in [-0.4, -0.2) is 5.78 Å². The Morgan fingerprint density at radius 2 is 1.62 bits per heavy atom. The van der Waals surface area contributed by atoms with Crippen LogP contribution in [-0.2, 0) is 6.61 Å². The molecule has 0 aliphatic carbocycles. The molecule has 0 aliphatic rings. The molecule has 0 amide bonds. The van der Waals surface area contributed by atoms with Crippen LogP contribution in [0.4, 0.5) is 0 Å². The van der Waals surface area contributed by atoms with E-state index in [2.05, 4.69) is 27.7 Å². The third-order valence-electron chi connectivity index (χ3n) is 3.92. The van der Waals surface area contributed by atoms with Crippen molar-refractivity contribution >= 4 is 5.78 Å². The van der Waals surface area contributed by atoms with Gasteiger partial charge in [-0.1, -0.05) is 58.0 Å². The molecule has 0 spiro atoms. The number of ether oxygens (including phenoxy) is 1. The molecule has 1 unspecified atom stereocenters. The standard InChI is InChI=1S/C22H28O2/c1-17(15-22(2,3)4)14-21(23)19-10-12-20(13-11-19)24-16-18-8-6-5-7-9-18/h5-13,17H,14-16H2,1-4H3. The molecule has 0 bridgehead atoms. The maximum atomic E-state index is 12.4. The highest BCUT2D eigenvalue weighted by Gasteiger charge is 2.18. The van der Waals surface area contributed by atoms with Gasteiger partial charge in [0.15, 0.2) is 5.78 Å². The van der Waals surface area contributed by atoms with Crippen LogP contribution in [0.25, 0.3) is 0 Å². The third kappa shape index (κ3) is 6.19. The van der Waals surface area contributed by atoms with Crippen LogP contribution < -0.4 is 4.74 Å². The first-order chi connectivity index (χ1) is 11.3. The van der Waals surface area contributed by atoms with Crippen LogP contribution in [0.5, 0.6) is 5.75 Å². The molecule has 0 aromatic heterocycles. The summed E-state index contributed by atoms with van der Waals surface area (Å²) in [6.45, 7) is 9.34. The van der Waals surface area contributed by atoms with E-state index in [1.165, 1.54) is 0 Å². The highest BCUT2D eigenvalue weighted by Crippen LogP contribution is 2.27. The van der Waals surface area contributed by atoms with Gasteiger partial charge in [0, 0.05) is 12.0 Å². The van der Waals surface area contributed by atoms with E-state index in [9.17, 15) is 4.79 Å². The van der Waals surface area contributed by atoms with Crippen molar-refractivity contribution in [1.29, 1.82) is 0 Å². The average Bonchev–Trinajstić information content (AvgIpc) is 2.52. The Labute approximate surface area is 145 Å². The summed E-state index contributed by atoms with van der Waals surface area (Å²) in [5.74, 6) is 1.39. The minimum Gasteiger partial charge on any atom is -0.489 e. The molecular formula is C22H28O2. The second-order valence-electron chi connectivity index (χ2n) is 7.80. The van der Waals surface area contributed by atoms with Gasteiger partial charge in [0.05, 0.1) is 0 Å². The van der Waals surface area contributed by atoms with Gasteiger partial charge in [-0.2, -0.15) is 0 Å². The lowest BCUT2D eigenvalue weighted by atomic mass is 9.83. The Morgan fingerprint density at radius 3 is 2.21 bits per heavy atom. The Hall–Kier alpha value is -2.09. The number of Topliss-reactive ketones (excluding diaryl/α,β-unsaturated/α-hetero) is 1. The molecule has 0 radical (unpaired) electrons. The summed E-state index contributed by atoms with van der Waals surface area (Å²) in [4.78, 5) is 12.4. The van der Waals surface area contributed by atoms with E-state index in [4.69, 9.17) is 4.74 Å². The monoisotopic (exact) mass is 324 g/mol. The quantitative estimate of drug-likeness (QED) is 0.592. The average molecular weight is 324 g/mol. The summed E-state index contributed by atoms with van der Waals surface area (Å²) in [5, 5.41) is 0. The van der Waals surface area contributed by atoms with Crippen LogP contribution in [0, 0.1) is 11.3 Å². The Morgan fingerprint density at radius 1 is 1.00 bits per heavy atom. The number of hydrogen-bond acceptors (Lipinski definition) is 2. The van der Waals surface area contributed by atoms with Crippen molar-refractivity contribution < 1.29 is 9.53 Å². The van der Waals surface area contributed by atoms with Gasteiger partial charge in [0.1, 0.15) is 12.4 Å². The lowest BCUT2D eigenvalue weighted by Gasteiger charge is -2.22. The summed E-state index contributed by atoms with van der Waals surface area (Å²) in [7, 11) is 0. The van der Waals surface area contributed by atoms with Crippen LogP contribution in [0.2, 0.25) is 0 Å². The highest BCUT2D eigenvalue weighted by molar-refractivity contribution is 5.96. The molecule has 2 heteroatoms. The summed E-state index contributed by atoms with van der Waals surface area (Å²) in [5.41, 5.74) is 2.16. The lowest BCUT2D eigenvalue weighted by molar-refractivity contribution is 0.0954. The van der Waals surface area contributed by atoms with Gasteiger partial charge in [-0.3, -0.25) is 4.79 Å². The summed E-state index contributed by atoms with van der Waals surface area (Å²) in [6.07, 6.45) is 1.65. The van der Waals surface area contributed by atoms with E-state index >= 15 is 0 Å². The summed E-state index contributed by atoms with van der Waals surface area (Å²) in [6, 6.07) is 17.6. The molecule has 0 fully saturated rings. The fraction of sp³-hybridized carbons (Fsp3) is 0.409. The van der Waals surface area contributed by atoms with Crippen LogP contribution in [0.1, 0.15) is 56.5 Å². The van der Waals surface area contributed by atoms with Crippen LogP contribution >= 0.6 is 0 Å². The molecule has 0 heterocycles. The number of hydrogen-bond donors (Lipinski definition) is 0. The number of rotatable bonds is 7. The molecule has 2 aromatic carbocycles. The molecule has 0 N–H and O–H groups in total. The van der Waals surface area contributed by atoms with E-state index < -0.39 is 0 Å². The summed E-state index contributed by atoms with van der Waals surface area (Å²) < 4.78 is 5.76. The fourth-order valence-corrected chi connectivity index (χ4v) is 3.03. The highest BCUT2D eigenvalue weighted by atomic mass is 16.5. The molecule has 2 nitrogen and oxygen atoms in total. The van der Waals surface area contributed by atoms with Crippen molar-refractivity contribution in [2.24, 2.45) is 11.3 Å². The molecule has 2 aromatic rings. The number of carbonyl (C=O) groups is 1. The number of ketones is 1. The van der Waals surface area contributed by atoms with E-state index in [0.29, 0.717) is 18.9 Å². The first kappa shape index (κ1) is 18.3. The molecule has 0 saturated carbocycles. The van der Waals surface area contributed by atoms with E-state index in [1.807, 2.05) is 54.6 Å². The molecule has 2 rings (SSSR count). The predicted octanol–water partition coefficient (Wildman–Crippen LogP) is 5.91. The van der Waals surface area contributed by atoms with Crippen LogP contribution in [0.15, 0.2) is 54.6 Å². The molecule has 1 atom stereocenters. The molecular weight excluding hydrogens is 296 g/mol. The Bertz CT molecular complexity index is 636. The third-order valence-corrected chi connectivity index (χ3v) is 3.92. The Kier molecular flexibility index (Phi) is 6.19. The van der Waals surface area contributed by atoms with Crippen LogP contribution in [0.3, 0.4) is 0 Å². The van der Waals surface area contributed by atoms with Crippen molar-refractivity contribution in [2.75, 3.05) is 0 Å². The van der Waals surface area contributed by atoms with Gasteiger partial charge in [0.2, 0.25) is 0 Å². The Balaban J connectivity index is 1.88. The van der Waals surface area contributed by atoms with Crippen molar-refractivity contribution in [1.82, 2.24) is 0 Å². The van der Waals surface area contributed by atoms with E-state index in [0.717, 1.165) is 23.3 Å². The molecule has 128 valence electrons. The molecule has 0 aliphatic heterocycles. The maximum absolute atomic E-state index is 12.4. The largest absolute Gasteiger partial charge is 0.489 e. The van der Waals surface area contributed by atoms with Gasteiger partial charge >= 0.3 is 0 Å². The zero-order valence-electron chi connectivity index (χ0n) is 15.2. The second kappa shape index (κ2) is 8.14. The maximum Gasteiger partial charge on any atom is 0.163 e. The van der Waals surface area contributed by atoms with Crippen molar-refractivity contribution in [2.45, 2.75) is 47.1 Å². The number of carbonyl (C=O) groups excluding carboxylic acids is 1. The topological polar surface area (TPSA) is 26.3 Å². The second-order valence-corrected chi connectivity index (χ2v) is 7.80. The van der Waals surface area contributed by atoms with Gasteiger partial charge in [-0.25, -0.2) is 0 Å². The first-order valence-corrected chi connectivity index (χ1v) is 8.63. The van der Waals surface area contributed by atoms with Gasteiger partial charge in [0.25, 0.3) is 0 Å². The SMILES string of the molecule is CC(CC(=O)c1ccc(OCc2ccccc2)cc1)CC(C)(C)C. The zero-order chi connectivity index (χ0) is 17.6. The molecule has 0 saturated heterocycles. The predicted molar refractivity (Wildman–Crippen MR) is 99.4 cm³/mol. The fourth-order valence-electron chi connectivity index (χ4n) is 3.03. The molecule has 24 heavy (non-hydrogen) atoms. The van der Waals surface area contributed by atoms with E-state index in [-0.39, 0.29) is 11.2 Å². The van der Waals surface area contributed by atoms with E-state index in [1.54, 1.807) is 0 Å². The van der Waals surface area contributed by atoms with Gasteiger partial charge in [-0.15, -0.1) is 0 Å². The smallest absolute Gasteiger partial charge is 0.163 e. The lowest BCUT2D eigenvalue weighted by Crippen LogP contribution is -2.14. The van der Waals surface area contributed by atoms with Crippen molar-refractivity contribution in [3.63, 3.8) is 0 Å². The zero-order valence-corrected chi connectivity index (χ0v) is 15.2. The summed E-state index contributed by atoms with van der Waals surface area (Å²) >= 11 is 0. The van der Waals surface area contributed by atoms with Gasteiger partial charge in [-0.05, 0) is 47.6 Å². The normalized spacial score (nSPS) is 12.7. The number of benzene rings is 2.